The monoisotopic (exact) mass is 216 g/mol. The lowest BCUT2D eigenvalue weighted by atomic mass is 10.6. The van der Waals surface area contributed by atoms with Crippen LogP contribution in [0.4, 0.5) is 0 Å². The van der Waals surface area contributed by atoms with Gasteiger partial charge in [-0.3, -0.25) is 0 Å². The van der Waals surface area contributed by atoms with Crippen LogP contribution in [-0.2, 0) is 4.43 Å². The Kier molecular flexibility index (Phi) is 6.63. The summed E-state index contributed by atoms with van der Waals surface area (Å²) in [6.45, 7) is 14.1. The van der Waals surface area contributed by atoms with Gasteiger partial charge in [0.15, 0.2) is 9.76 Å². The highest BCUT2D eigenvalue weighted by Crippen LogP contribution is 2.28. The predicted octanol–water partition coefficient (Wildman–Crippen LogP) is 2.74. The molecule has 0 saturated carbocycles. The third-order valence-corrected chi connectivity index (χ3v) is 12.2. The first-order valence-corrected chi connectivity index (χ1v) is 9.95. The zero-order valence-electron chi connectivity index (χ0n) is 9.60. The van der Waals surface area contributed by atoms with Crippen molar-refractivity contribution in [3.05, 3.63) is 12.7 Å². The van der Waals surface area contributed by atoms with Gasteiger partial charge in [0.25, 0.3) is 0 Å². The Balaban J connectivity index is 4.10. The van der Waals surface area contributed by atoms with Crippen LogP contribution >= 0.6 is 0 Å². The van der Waals surface area contributed by atoms with Gasteiger partial charge in [-0.2, -0.15) is 0 Å². The van der Waals surface area contributed by atoms with Crippen molar-refractivity contribution in [2.75, 3.05) is 6.61 Å². The third kappa shape index (κ3) is 4.79. The summed E-state index contributed by atoms with van der Waals surface area (Å²) in [7, 11) is -1.34. The SMILES string of the molecule is C=CC[Si](C)(C)C(CC)[SiH2]OCC. The van der Waals surface area contributed by atoms with Crippen molar-refractivity contribution in [1.29, 1.82) is 0 Å². The van der Waals surface area contributed by atoms with Gasteiger partial charge < -0.3 is 4.43 Å². The fourth-order valence-corrected chi connectivity index (χ4v) is 7.29. The van der Waals surface area contributed by atoms with Gasteiger partial charge in [0.1, 0.15) is 0 Å². The second-order valence-electron chi connectivity index (χ2n) is 4.25. The quantitative estimate of drug-likeness (QED) is 0.470. The molecule has 1 unspecified atom stereocenters. The first kappa shape index (κ1) is 13.1. The Morgan fingerprint density at radius 2 is 2.08 bits per heavy atom. The van der Waals surface area contributed by atoms with E-state index in [4.69, 9.17) is 4.43 Å². The molecule has 78 valence electrons. The van der Waals surface area contributed by atoms with Crippen LogP contribution in [0.1, 0.15) is 20.3 Å². The van der Waals surface area contributed by atoms with Gasteiger partial charge in [-0.15, -0.1) is 6.58 Å². The van der Waals surface area contributed by atoms with E-state index < -0.39 is 8.07 Å². The largest absolute Gasteiger partial charge is 0.424 e. The van der Waals surface area contributed by atoms with Gasteiger partial charge in [0, 0.05) is 6.61 Å². The molecule has 0 bridgehead atoms. The van der Waals surface area contributed by atoms with Crippen LogP contribution in [0.2, 0.25) is 24.3 Å². The average Bonchev–Trinajstić information content (AvgIpc) is 2.05. The Morgan fingerprint density at radius 3 is 2.46 bits per heavy atom. The molecule has 0 amide bonds. The van der Waals surface area contributed by atoms with E-state index in [-0.39, 0.29) is 9.76 Å². The fourth-order valence-electron chi connectivity index (χ4n) is 1.69. The van der Waals surface area contributed by atoms with E-state index in [1.165, 1.54) is 12.5 Å². The first-order chi connectivity index (χ1) is 6.08. The molecule has 0 aliphatic heterocycles. The molecule has 0 saturated heterocycles. The van der Waals surface area contributed by atoms with E-state index in [0.717, 1.165) is 11.8 Å². The average molecular weight is 216 g/mol. The maximum Gasteiger partial charge on any atom is 0.161 e. The molecule has 0 fully saturated rings. The second-order valence-corrected chi connectivity index (χ2v) is 12.0. The molecule has 1 atom stereocenters. The topological polar surface area (TPSA) is 9.23 Å². The van der Waals surface area contributed by atoms with Gasteiger partial charge >= 0.3 is 0 Å². The molecule has 0 radical (unpaired) electrons. The van der Waals surface area contributed by atoms with E-state index in [0.29, 0.717) is 0 Å². The predicted molar refractivity (Wildman–Crippen MR) is 66.7 cm³/mol. The van der Waals surface area contributed by atoms with Crippen molar-refractivity contribution < 1.29 is 4.43 Å². The Morgan fingerprint density at radius 1 is 1.46 bits per heavy atom. The number of hydrogen-bond donors (Lipinski definition) is 0. The van der Waals surface area contributed by atoms with Crippen LogP contribution in [0.5, 0.6) is 0 Å². The number of allylic oxidation sites excluding steroid dienone is 1. The second kappa shape index (κ2) is 6.57. The van der Waals surface area contributed by atoms with Crippen LogP contribution in [0.15, 0.2) is 12.7 Å². The minimum Gasteiger partial charge on any atom is -0.424 e. The van der Waals surface area contributed by atoms with Crippen LogP contribution in [0, 0.1) is 0 Å². The summed E-state index contributed by atoms with van der Waals surface area (Å²) in [6, 6.07) is 1.24. The maximum absolute atomic E-state index is 5.66. The van der Waals surface area contributed by atoms with Gasteiger partial charge in [0.05, 0.1) is 8.07 Å². The molecular formula is C10H24OSi2. The Bertz CT molecular complexity index is 146. The summed E-state index contributed by atoms with van der Waals surface area (Å²) in [5.41, 5.74) is 0. The zero-order valence-corrected chi connectivity index (χ0v) is 12.0. The summed E-state index contributed by atoms with van der Waals surface area (Å²) in [6.07, 6.45) is 3.40. The first-order valence-electron chi connectivity index (χ1n) is 5.27. The zero-order chi connectivity index (χ0) is 10.3. The highest BCUT2D eigenvalue weighted by molar-refractivity contribution is 6.85. The van der Waals surface area contributed by atoms with E-state index >= 15 is 0 Å². The summed E-state index contributed by atoms with van der Waals surface area (Å²) < 4.78 is 5.66. The Labute approximate surface area is 86.5 Å². The molecule has 0 heterocycles. The molecule has 13 heavy (non-hydrogen) atoms. The summed E-state index contributed by atoms with van der Waals surface area (Å²) >= 11 is 0. The highest BCUT2D eigenvalue weighted by Gasteiger charge is 2.29. The molecule has 0 aromatic heterocycles. The van der Waals surface area contributed by atoms with Crippen molar-refractivity contribution in [3.63, 3.8) is 0 Å². The summed E-state index contributed by atoms with van der Waals surface area (Å²) in [4.78, 5) is 0. The van der Waals surface area contributed by atoms with Crippen molar-refractivity contribution in [3.8, 4) is 0 Å². The highest BCUT2D eigenvalue weighted by atomic mass is 28.4. The molecule has 3 heteroatoms. The molecule has 0 spiro atoms. The lowest BCUT2D eigenvalue weighted by Gasteiger charge is -2.30. The van der Waals surface area contributed by atoms with Gasteiger partial charge in [0.2, 0.25) is 0 Å². The van der Waals surface area contributed by atoms with Crippen molar-refractivity contribution in [2.45, 2.75) is 44.6 Å². The van der Waals surface area contributed by atoms with E-state index in [9.17, 15) is 0 Å². The van der Waals surface area contributed by atoms with E-state index in [1.54, 1.807) is 0 Å². The molecule has 0 aromatic rings. The van der Waals surface area contributed by atoms with Crippen LogP contribution < -0.4 is 0 Å². The van der Waals surface area contributed by atoms with E-state index in [1.807, 2.05) is 0 Å². The lowest BCUT2D eigenvalue weighted by molar-refractivity contribution is 0.356. The van der Waals surface area contributed by atoms with Crippen LogP contribution in [0.3, 0.4) is 0 Å². The van der Waals surface area contributed by atoms with Crippen LogP contribution in [0.25, 0.3) is 0 Å². The smallest absolute Gasteiger partial charge is 0.161 e. The molecule has 0 rings (SSSR count). The molecule has 0 aromatic carbocycles. The minimum absolute atomic E-state index is 0.285. The van der Waals surface area contributed by atoms with Gasteiger partial charge in [-0.1, -0.05) is 32.5 Å². The number of hydrogen-bond acceptors (Lipinski definition) is 1. The van der Waals surface area contributed by atoms with E-state index in [2.05, 4.69) is 39.6 Å². The van der Waals surface area contributed by atoms with Gasteiger partial charge in [-0.05, 0) is 18.1 Å². The molecule has 0 N–H and O–H groups in total. The van der Waals surface area contributed by atoms with Crippen molar-refractivity contribution >= 4 is 17.8 Å². The fraction of sp³-hybridized carbons (Fsp3) is 0.800. The molecule has 0 aliphatic rings. The lowest BCUT2D eigenvalue weighted by Crippen LogP contribution is -2.35. The molecular weight excluding hydrogens is 192 g/mol. The van der Waals surface area contributed by atoms with Crippen LogP contribution in [-0.4, -0.2) is 24.4 Å². The Hall–Kier alpha value is 0.134. The van der Waals surface area contributed by atoms with Crippen molar-refractivity contribution in [2.24, 2.45) is 0 Å². The van der Waals surface area contributed by atoms with Gasteiger partial charge in [-0.25, -0.2) is 0 Å². The summed E-state index contributed by atoms with van der Waals surface area (Å²) in [5.74, 6) is 0. The normalized spacial score (nSPS) is 15.1. The minimum atomic E-state index is -1.05. The number of rotatable bonds is 7. The third-order valence-electron chi connectivity index (χ3n) is 2.79. The standard InChI is InChI=1S/C10H24OSi2/c1-6-9-13(4,5)10(7-2)12-11-8-3/h6,10H,1,7-9,12H2,2-5H3. The maximum atomic E-state index is 5.66. The summed E-state index contributed by atoms with van der Waals surface area (Å²) in [5, 5.41) is 0.922. The molecule has 1 nitrogen and oxygen atoms in total. The molecule has 0 aliphatic carbocycles. The van der Waals surface area contributed by atoms with Crippen molar-refractivity contribution in [1.82, 2.24) is 0 Å².